The number of thiocarbonyl (C=S) groups is 1. The molecule has 2 nitrogen and oxygen atoms in total. The number of hydrogen-bond acceptors (Lipinski definition) is 1. The van der Waals surface area contributed by atoms with E-state index in [1.807, 2.05) is 0 Å². The number of nitrogens with one attached hydrogen (secondary N) is 2. The average molecular weight is 202 g/mol. The normalized spacial score (nSPS) is 11.1. The lowest BCUT2D eigenvalue weighted by atomic mass is 10.1. The van der Waals surface area contributed by atoms with E-state index in [2.05, 4.69) is 38.3 Å². The van der Waals surface area contributed by atoms with Gasteiger partial charge in [0.2, 0.25) is 0 Å². The Balaban J connectivity index is 3.41. The molecule has 0 unspecified atom stereocenters. The summed E-state index contributed by atoms with van der Waals surface area (Å²) in [7, 11) is 0. The van der Waals surface area contributed by atoms with Crippen molar-refractivity contribution in [3.8, 4) is 0 Å². The van der Waals surface area contributed by atoms with Crippen LogP contribution in [0.2, 0.25) is 0 Å². The first-order valence-corrected chi connectivity index (χ1v) is 5.42. The van der Waals surface area contributed by atoms with Gasteiger partial charge < -0.3 is 10.6 Å². The van der Waals surface area contributed by atoms with Crippen LogP contribution in [0.25, 0.3) is 0 Å². The van der Waals surface area contributed by atoms with E-state index >= 15 is 0 Å². The summed E-state index contributed by atoms with van der Waals surface area (Å²) >= 11 is 5.13. The molecular weight excluding hydrogens is 180 g/mol. The maximum Gasteiger partial charge on any atom is 0.166 e. The van der Waals surface area contributed by atoms with Crippen molar-refractivity contribution in [3.05, 3.63) is 0 Å². The maximum absolute atomic E-state index is 5.13. The highest BCUT2D eigenvalue weighted by Gasteiger charge is 2.09. The summed E-state index contributed by atoms with van der Waals surface area (Å²) in [5.74, 6) is 0. The van der Waals surface area contributed by atoms with Crippen molar-refractivity contribution in [1.29, 1.82) is 0 Å². The minimum Gasteiger partial charge on any atom is -0.363 e. The molecule has 0 amide bonds. The van der Waals surface area contributed by atoms with Crippen LogP contribution in [0.5, 0.6) is 0 Å². The van der Waals surface area contributed by atoms with Crippen molar-refractivity contribution >= 4 is 17.3 Å². The van der Waals surface area contributed by atoms with Gasteiger partial charge in [0.05, 0.1) is 0 Å². The maximum atomic E-state index is 5.13. The molecule has 0 fully saturated rings. The van der Waals surface area contributed by atoms with Gasteiger partial charge in [0.15, 0.2) is 5.11 Å². The summed E-state index contributed by atoms with van der Waals surface area (Å²) < 4.78 is 0. The predicted octanol–water partition coefficient (Wildman–Crippen LogP) is 2.44. The van der Waals surface area contributed by atoms with E-state index in [-0.39, 0.29) is 5.54 Å². The zero-order valence-corrected chi connectivity index (χ0v) is 10.1. The highest BCUT2D eigenvalue weighted by atomic mass is 32.1. The van der Waals surface area contributed by atoms with Gasteiger partial charge in [-0.3, -0.25) is 0 Å². The SMILES string of the molecule is CCCCCNC(=S)NC(C)(C)C. The molecule has 0 bridgehead atoms. The van der Waals surface area contributed by atoms with Crippen LogP contribution in [0.15, 0.2) is 0 Å². The monoisotopic (exact) mass is 202 g/mol. The van der Waals surface area contributed by atoms with Gasteiger partial charge >= 0.3 is 0 Å². The molecule has 78 valence electrons. The quantitative estimate of drug-likeness (QED) is 0.541. The standard InChI is InChI=1S/C10H22N2S/c1-5-6-7-8-11-9(13)12-10(2,3)4/h5-8H2,1-4H3,(H2,11,12,13). The molecule has 3 heteroatoms. The van der Waals surface area contributed by atoms with Gasteiger partial charge in [-0.25, -0.2) is 0 Å². The van der Waals surface area contributed by atoms with Gasteiger partial charge in [-0.05, 0) is 39.4 Å². The number of hydrogen-bond donors (Lipinski definition) is 2. The Bertz CT molecular complexity index is 149. The molecular formula is C10H22N2S. The Hall–Kier alpha value is -0.310. The van der Waals surface area contributed by atoms with E-state index in [0.29, 0.717) is 0 Å². The van der Waals surface area contributed by atoms with E-state index in [4.69, 9.17) is 12.2 Å². The lowest BCUT2D eigenvalue weighted by Gasteiger charge is -2.22. The summed E-state index contributed by atoms with van der Waals surface area (Å²) in [5.41, 5.74) is 0.0643. The third kappa shape index (κ3) is 9.61. The third-order valence-electron chi connectivity index (χ3n) is 1.55. The van der Waals surface area contributed by atoms with Gasteiger partial charge in [-0.2, -0.15) is 0 Å². The van der Waals surface area contributed by atoms with Crippen molar-refractivity contribution in [3.63, 3.8) is 0 Å². The topological polar surface area (TPSA) is 24.1 Å². The Morgan fingerprint density at radius 2 is 1.85 bits per heavy atom. The number of unbranched alkanes of at least 4 members (excludes halogenated alkanes) is 2. The van der Waals surface area contributed by atoms with Crippen molar-refractivity contribution in [2.45, 2.75) is 52.5 Å². The van der Waals surface area contributed by atoms with Gasteiger partial charge in [-0.15, -0.1) is 0 Å². The molecule has 0 rings (SSSR count). The fourth-order valence-corrected chi connectivity index (χ4v) is 1.37. The van der Waals surface area contributed by atoms with E-state index in [0.717, 1.165) is 11.7 Å². The fraction of sp³-hybridized carbons (Fsp3) is 0.900. The molecule has 0 spiro atoms. The molecule has 0 aliphatic carbocycles. The summed E-state index contributed by atoms with van der Waals surface area (Å²) in [5, 5.41) is 7.18. The highest BCUT2D eigenvalue weighted by Crippen LogP contribution is 1.97. The molecule has 13 heavy (non-hydrogen) atoms. The Kier molecular flexibility index (Phi) is 6.04. The molecule has 0 radical (unpaired) electrons. The Labute approximate surface area is 87.5 Å². The summed E-state index contributed by atoms with van der Waals surface area (Å²) in [4.78, 5) is 0. The van der Waals surface area contributed by atoms with Crippen LogP contribution in [0, 0.1) is 0 Å². The predicted molar refractivity (Wildman–Crippen MR) is 63.0 cm³/mol. The second-order valence-corrected chi connectivity index (χ2v) is 4.75. The summed E-state index contributed by atoms with van der Waals surface area (Å²) in [6.07, 6.45) is 3.72. The molecule has 0 heterocycles. The first kappa shape index (κ1) is 12.7. The lowest BCUT2D eigenvalue weighted by Crippen LogP contribution is -2.46. The molecule has 0 saturated carbocycles. The molecule has 0 aromatic heterocycles. The molecule has 0 atom stereocenters. The highest BCUT2D eigenvalue weighted by molar-refractivity contribution is 7.80. The van der Waals surface area contributed by atoms with Crippen molar-refractivity contribution in [2.75, 3.05) is 6.54 Å². The van der Waals surface area contributed by atoms with Gasteiger partial charge in [0.1, 0.15) is 0 Å². The molecule has 0 aliphatic rings. The fourth-order valence-electron chi connectivity index (χ4n) is 0.962. The van der Waals surface area contributed by atoms with Gasteiger partial charge in [0, 0.05) is 12.1 Å². The smallest absolute Gasteiger partial charge is 0.166 e. The van der Waals surface area contributed by atoms with Gasteiger partial charge in [0.25, 0.3) is 0 Å². The second kappa shape index (κ2) is 6.19. The first-order valence-electron chi connectivity index (χ1n) is 5.01. The van der Waals surface area contributed by atoms with Crippen molar-refractivity contribution in [2.24, 2.45) is 0 Å². The van der Waals surface area contributed by atoms with E-state index < -0.39 is 0 Å². The van der Waals surface area contributed by atoms with Crippen LogP contribution in [0.1, 0.15) is 47.0 Å². The molecule has 0 aliphatic heterocycles. The van der Waals surface area contributed by atoms with Crippen molar-refractivity contribution < 1.29 is 0 Å². The van der Waals surface area contributed by atoms with Crippen LogP contribution in [-0.4, -0.2) is 17.2 Å². The van der Waals surface area contributed by atoms with Crippen LogP contribution in [-0.2, 0) is 0 Å². The lowest BCUT2D eigenvalue weighted by molar-refractivity contribution is 0.505. The van der Waals surface area contributed by atoms with Crippen LogP contribution in [0.3, 0.4) is 0 Å². The Morgan fingerprint density at radius 1 is 1.23 bits per heavy atom. The van der Waals surface area contributed by atoms with E-state index in [1.165, 1.54) is 19.3 Å². The van der Waals surface area contributed by atoms with Crippen molar-refractivity contribution in [1.82, 2.24) is 10.6 Å². The largest absolute Gasteiger partial charge is 0.363 e. The zero-order chi connectivity index (χ0) is 10.3. The minimum atomic E-state index is 0.0643. The Morgan fingerprint density at radius 3 is 2.31 bits per heavy atom. The average Bonchev–Trinajstić information content (AvgIpc) is 1.94. The first-order chi connectivity index (χ1) is 5.95. The molecule has 2 N–H and O–H groups in total. The second-order valence-electron chi connectivity index (χ2n) is 4.34. The van der Waals surface area contributed by atoms with Gasteiger partial charge in [-0.1, -0.05) is 19.8 Å². The van der Waals surface area contributed by atoms with E-state index in [1.54, 1.807) is 0 Å². The molecule has 0 aromatic rings. The molecule has 0 saturated heterocycles. The third-order valence-corrected chi connectivity index (χ3v) is 1.80. The number of rotatable bonds is 4. The van der Waals surface area contributed by atoms with Crippen LogP contribution >= 0.6 is 12.2 Å². The zero-order valence-electron chi connectivity index (χ0n) is 9.24. The summed E-state index contributed by atoms with van der Waals surface area (Å²) in [6.45, 7) is 9.49. The molecule has 0 aromatic carbocycles. The van der Waals surface area contributed by atoms with Crippen LogP contribution in [0.4, 0.5) is 0 Å². The van der Waals surface area contributed by atoms with E-state index in [9.17, 15) is 0 Å². The minimum absolute atomic E-state index is 0.0643. The summed E-state index contributed by atoms with van der Waals surface area (Å²) in [6, 6.07) is 0. The van der Waals surface area contributed by atoms with Crippen LogP contribution < -0.4 is 10.6 Å².